The summed E-state index contributed by atoms with van der Waals surface area (Å²) in [6.45, 7) is 4.71. The van der Waals surface area contributed by atoms with E-state index in [-0.39, 0.29) is 5.91 Å². The van der Waals surface area contributed by atoms with Crippen molar-refractivity contribution in [2.24, 2.45) is 0 Å². The van der Waals surface area contributed by atoms with Crippen molar-refractivity contribution in [2.75, 3.05) is 18.4 Å². The molecular weight excluding hydrogens is 425 g/mol. The number of amides is 1. The molecule has 1 N–H and O–H groups in total. The summed E-state index contributed by atoms with van der Waals surface area (Å²) in [5, 5.41) is 4.76. The van der Waals surface area contributed by atoms with Crippen molar-refractivity contribution in [3.05, 3.63) is 95.7 Å². The fraction of sp³-hybridized carbons (Fsp3) is 0.241. The van der Waals surface area contributed by atoms with E-state index in [1.54, 1.807) is 6.07 Å². The molecule has 1 aliphatic rings. The van der Waals surface area contributed by atoms with Crippen molar-refractivity contribution >= 4 is 22.5 Å². The Labute approximate surface area is 199 Å². The molecule has 0 saturated carbocycles. The topological polar surface area (TPSA) is 45.2 Å². The molecule has 0 bridgehead atoms. The smallest absolute Gasteiger partial charge is 0.257 e. The lowest BCUT2D eigenvalue weighted by atomic mass is 9.96. The first-order valence-electron chi connectivity index (χ1n) is 11.8. The highest BCUT2D eigenvalue weighted by Gasteiger charge is 2.14. The highest BCUT2D eigenvalue weighted by molar-refractivity contribution is 6.13. The first-order valence-corrected chi connectivity index (χ1v) is 11.8. The SMILES string of the molecule is CC(F)c1cccc(-c2ccc3cccc(C(=O)Nc4ccc(CN5CCCC5)cn4)c3c2)c1. The molecule has 0 aliphatic carbocycles. The number of hydrogen-bond acceptors (Lipinski definition) is 3. The van der Waals surface area contributed by atoms with Crippen LogP contribution in [0, 0.1) is 0 Å². The van der Waals surface area contributed by atoms with Gasteiger partial charge in [-0.15, -0.1) is 0 Å². The van der Waals surface area contributed by atoms with Crippen LogP contribution in [0.5, 0.6) is 0 Å². The molecular formula is C29H28FN3O. The van der Waals surface area contributed by atoms with E-state index in [1.807, 2.05) is 72.9 Å². The van der Waals surface area contributed by atoms with Crippen LogP contribution >= 0.6 is 0 Å². The second kappa shape index (κ2) is 9.74. The molecule has 4 nitrogen and oxygen atoms in total. The number of hydrogen-bond donors (Lipinski definition) is 1. The molecule has 34 heavy (non-hydrogen) atoms. The number of rotatable bonds is 6. The van der Waals surface area contributed by atoms with Gasteiger partial charge in [0.1, 0.15) is 12.0 Å². The Morgan fingerprint density at radius 1 is 1.00 bits per heavy atom. The zero-order valence-corrected chi connectivity index (χ0v) is 19.3. The third kappa shape index (κ3) is 4.85. The summed E-state index contributed by atoms with van der Waals surface area (Å²) >= 11 is 0. The molecule has 1 aromatic heterocycles. The Kier molecular flexibility index (Phi) is 6.37. The summed E-state index contributed by atoms with van der Waals surface area (Å²) in [5.41, 5.74) is 4.24. The first kappa shape index (κ1) is 22.2. The largest absolute Gasteiger partial charge is 0.307 e. The fourth-order valence-electron chi connectivity index (χ4n) is 4.59. The standard InChI is InChI=1S/C29H28FN3O/c1-20(30)23-7-4-8-24(16-23)25-12-11-22-6-5-9-26(27(22)17-25)29(34)32-28-13-10-21(18-31-28)19-33-14-2-3-15-33/h4-13,16-18,20H,2-3,14-15,19H2,1H3,(H,31,32,34). The Bertz CT molecular complexity index is 1310. The van der Waals surface area contributed by atoms with E-state index in [1.165, 1.54) is 19.8 Å². The van der Waals surface area contributed by atoms with Gasteiger partial charge in [-0.05, 0) is 90.1 Å². The maximum atomic E-state index is 13.8. The van der Waals surface area contributed by atoms with Crippen LogP contribution in [0.3, 0.4) is 0 Å². The summed E-state index contributed by atoms with van der Waals surface area (Å²) in [7, 11) is 0. The lowest BCUT2D eigenvalue weighted by Gasteiger charge is -2.14. The Morgan fingerprint density at radius 3 is 2.56 bits per heavy atom. The molecule has 1 fully saturated rings. The Balaban J connectivity index is 1.39. The van der Waals surface area contributed by atoms with E-state index < -0.39 is 6.17 Å². The van der Waals surface area contributed by atoms with Crippen LogP contribution in [-0.2, 0) is 6.54 Å². The molecule has 172 valence electrons. The number of nitrogens with zero attached hydrogens (tertiary/aromatic N) is 2. The van der Waals surface area contributed by atoms with E-state index in [0.29, 0.717) is 16.9 Å². The number of benzene rings is 3. The van der Waals surface area contributed by atoms with Crippen molar-refractivity contribution in [3.8, 4) is 11.1 Å². The van der Waals surface area contributed by atoms with Gasteiger partial charge in [-0.25, -0.2) is 9.37 Å². The van der Waals surface area contributed by atoms with Gasteiger partial charge in [0.05, 0.1) is 0 Å². The molecule has 2 heterocycles. The molecule has 1 aliphatic heterocycles. The van der Waals surface area contributed by atoms with Gasteiger partial charge in [-0.1, -0.05) is 48.5 Å². The number of carbonyl (C=O) groups excluding carboxylic acids is 1. The number of anilines is 1. The minimum Gasteiger partial charge on any atom is -0.307 e. The summed E-state index contributed by atoms with van der Waals surface area (Å²) in [4.78, 5) is 20.1. The number of fused-ring (bicyclic) bond motifs is 1. The summed E-state index contributed by atoms with van der Waals surface area (Å²) < 4.78 is 13.8. The Morgan fingerprint density at radius 2 is 1.79 bits per heavy atom. The van der Waals surface area contributed by atoms with Crippen LogP contribution < -0.4 is 5.32 Å². The summed E-state index contributed by atoms with van der Waals surface area (Å²) in [6, 6.07) is 23.1. The summed E-state index contributed by atoms with van der Waals surface area (Å²) in [5.74, 6) is 0.335. The minimum atomic E-state index is -1.03. The second-order valence-corrected chi connectivity index (χ2v) is 8.97. The third-order valence-corrected chi connectivity index (χ3v) is 6.48. The quantitative estimate of drug-likeness (QED) is 0.350. The van der Waals surface area contributed by atoms with Crippen molar-refractivity contribution < 1.29 is 9.18 Å². The van der Waals surface area contributed by atoms with Gasteiger partial charge in [0.2, 0.25) is 0 Å². The first-order chi connectivity index (χ1) is 16.6. The van der Waals surface area contributed by atoms with E-state index in [9.17, 15) is 9.18 Å². The molecule has 1 unspecified atom stereocenters. The zero-order chi connectivity index (χ0) is 23.5. The number of likely N-dealkylation sites (tertiary alicyclic amines) is 1. The lowest BCUT2D eigenvalue weighted by Crippen LogP contribution is -2.18. The molecule has 5 heteroatoms. The average molecular weight is 454 g/mol. The highest BCUT2D eigenvalue weighted by Crippen LogP contribution is 2.29. The molecule has 0 spiro atoms. The van der Waals surface area contributed by atoms with E-state index >= 15 is 0 Å². The molecule has 4 aromatic rings. The molecule has 5 rings (SSSR count). The zero-order valence-electron chi connectivity index (χ0n) is 19.3. The van der Waals surface area contributed by atoms with Crippen LogP contribution in [0.15, 0.2) is 79.0 Å². The van der Waals surface area contributed by atoms with Crippen LogP contribution in [0.4, 0.5) is 10.2 Å². The third-order valence-electron chi connectivity index (χ3n) is 6.48. The number of nitrogens with one attached hydrogen (secondary N) is 1. The van der Waals surface area contributed by atoms with Gasteiger partial charge in [0, 0.05) is 18.3 Å². The summed E-state index contributed by atoms with van der Waals surface area (Å²) in [6.07, 6.45) is 3.33. The fourth-order valence-corrected chi connectivity index (χ4v) is 4.59. The van der Waals surface area contributed by atoms with Gasteiger partial charge >= 0.3 is 0 Å². The molecule has 0 radical (unpaired) electrons. The number of aromatic nitrogens is 1. The van der Waals surface area contributed by atoms with E-state index in [2.05, 4.69) is 15.2 Å². The van der Waals surface area contributed by atoms with Gasteiger partial charge < -0.3 is 5.32 Å². The van der Waals surface area contributed by atoms with Crippen molar-refractivity contribution in [1.29, 1.82) is 0 Å². The molecule has 1 amide bonds. The Hall–Kier alpha value is -3.57. The maximum absolute atomic E-state index is 13.8. The van der Waals surface area contributed by atoms with E-state index in [4.69, 9.17) is 0 Å². The van der Waals surface area contributed by atoms with Crippen LogP contribution in [0.25, 0.3) is 21.9 Å². The second-order valence-electron chi connectivity index (χ2n) is 8.97. The molecule has 3 aromatic carbocycles. The van der Waals surface area contributed by atoms with Gasteiger partial charge in [-0.2, -0.15) is 0 Å². The number of pyridine rings is 1. The van der Waals surface area contributed by atoms with Crippen LogP contribution in [0.2, 0.25) is 0 Å². The number of halogens is 1. The average Bonchev–Trinajstić information content (AvgIpc) is 3.37. The minimum absolute atomic E-state index is 0.200. The van der Waals surface area contributed by atoms with Crippen molar-refractivity contribution in [3.63, 3.8) is 0 Å². The molecule has 1 saturated heterocycles. The van der Waals surface area contributed by atoms with Gasteiger partial charge in [-0.3, -0.25) is 9.69 Å². The van der Waals surface area contributed by atoms with Crippen LogP contribution in [-0.4, -0.2) is 28.9 Å². The number of alkyl halides is 1. The van der Waals surface area contributed by atoms with Gasteiger partial charge in [0.25, 0.3) is 5.91 Å². The highest BCUT2D eigenvalue weighted by atomic mass is 19.1. The van der Waals surface area contributed by atoms with Crippen LogP contribution in [0.1, 0.15) is 47.4 Å². The maximum Gasteiger partial charge on any atom is 0.257 e. The van der Waals surface area contributed by atoms with Crippen molar-refractivity contribution in [1.82, 2.24) is 9.88 Å². The van der Waals surface area contributed by atoms with Gasteiger partial charge in [0.15, 0.2) is 0 Å². The monoisotopic (exact) mass is 453 g/mol. The molecule has 1 atom stereocenters. The predicted octanol–water partition coefficient (Wildman–Crippen LogP) is 6.78. The van der Waals surface area contributed by atoms with E-state index in [0.717, 1.165) is 47.1 Å². The lowest BCUT2D eigenvalue weighted by molar-refractivity contribution is 0.102. The normalized spacial score (nSPS) is 14.9. The van der Waals surface area contributed by atoms with Crippen molar-refractivity contribution in [2.45, 2.75) is 32.5 Å². The predicted molar refractivity (Wildman–Crippen MR) is 136 cm³/mol. The number of carbonyl (C=O) groups is 1.